The van der Waals surface area contributed by atoms with Crippen molar-refractivity contribution in [3.05, 3.63) is 34.4 Å². The normalized spacial score (nSPS) is 15.6. The number of carbonyl (C=O) groups excluding carboxylic acids is 1. The van der Waals surface area contributed by atoms with E-state index in [2.05, 4.69) is 0 Å². The topological polar surface area (TPSA) is 87.3 Å². The predicted octanol–water partition coefficient (Wildman–Crippen LogP) is 1.61. The number of hydrogen-bond acceptors (Lipinski definition) is 5. The summed E-state index contributed by atoms with van der Waals surface area (Å²) in [6.45, 7) is 0. The second-order valence-electron chi connectivity index (χ2n) is 3.07. The second kappa shape index (κ2) is 3.93. The molecular weight excluding hydrogens is 230 g/mol. The lowest BCUT2D eigenvalue weighted by Gasteiger charge is -2.14. The molecule has 1 aromatic rings. The maximum atomic E-state index is 11.5. The number of anilines is 1. The van der Waals surface area contributed by atoms with Gasteiger partial charge in [0.15, 0.2) is 5.17 Å². The first-order valence-electron chi connectivity index (χ1n) is 4.39. The van der Waals surface area contributed by atoms with Gasteiger partial charge in [0.1, 0.15) is 5.69 Å². The molecule has 1 amide bonds. The van der Waals surface area contributed by atoms with Gasteiger partial charge < -0.3 is 0 Å². The number of para-hydroxylation sites is 2. The number of amides is 1. The Labute approximate surface area is 94.9 Å². The van der Waals surface area contributed by atoms with E-state index in [9.17, 15) is 14.9 Å². The monoisotopic (exact) mass is 237 g/mol. The van der Waals surface area contributed by atoms with E-state index in [4.69, 9.17) is 5.41 Å². The summed E-state index contributed by atoms with van der Waals surface area (Å²) >= 11 is 1.07. The second-order valence-corrected chi connectivity index (χ2v) is 4.03. The van der Waals surface area contributed by atoms with Gasteiger partial charge in [0.2, 0.25) is 5.91 Å². The molecule has 1 N–H and O–H groups in total. The molecule has 16 heavy (non-hydrogen) atoms. The standard InChI is InChI=1S/C9H7N3O3S/c10-9-11(8(13)5-16-9)6-3-1-2-4-7(6)12(14)15/h1-4,10H,5H2. The van der Waals surface area contributed by atoms with E-state index in [1.165, 1.54) is 18.2 Å². The van der Waals surface area contributed by atoms with Gasteiger partial charge in [-0.25, -0.2) is 0 Å². The molecule has 0 aliphatic carbocycles. The van der Waals surface area contributed by atoms with Crippen LogP contribution < -0.4 is 4.90 Å². The molecule has 0 radical (unpaired) electrons. The molecule has 0 unspecified atom stereocenters. The molecule has 0 spiro atoms. The molecule has 0 atom stereocenters. The summed E-state index contributed by atoms with van der Waals surface area (Å²) in [5, 5.41) is 18.4. The third kappa shape index (κ3) is 1.65. The Balaban J connectivity index is 2.51. The van der Waals surface area contributed by atoms with Gasteiger partial charge in [-0.15, -0.1) is 0 Å². The first-order valence-corrected chi connectivity index (χ1v) is 5.37. The van der Waals surface area contributed by atoms with Gasteiger partial charge in [-0.2, -0.15) is 0 Å². The van der Waals surface area contributed by atoms with Crippen molar-refractivity contribution in [2.75, 3.05) is 10.7 Å². The summed E-state index contributed by atoms with van der Waals surface area (Å²) in [4.78, 5) is 22.8. The van der Waals surface area contributed by atoms with Crippen molar-refractivity contribution in [1.29, 1.82) is 5.41 Å². The molecule has 1 fully saturated rings. The molecule has 1 saturated heterocycles. The van der Waals surface area contributed by atoms with Crippen LogP contribution in [0.1, 0.15) is 0 Å². The van der Waals surface area contributed by atoms with Gasteiger partial charge in [-0.3, -0.25) is 25.2 Å². The van der Waals surface area contributed by atoms with E-state index < -0.39 is 4.92 Å². The number of thioether (sulfide) groups is 1. The van der Waals surface area contributed by atoms with Crippen molar-refractivity contribution < 1.29 is 9.72 Å². The highest BCUT2D eigenvalue weighted by molar-refractivity contribution is 8.15. The van der Waals surface area contributed by atoms with Crippen molar-refractivity contribution in [3.8, 4) is 0 Å². The third-order valence-electron chi connectivity index (χ3n) is 2.10. The molecule has 1 aliphatic rings. The highest BCUT2D eigenvalue weighted by Crippen LogP contribution is 2.32. The number of nitrogens with zero attached hydrogens (tertiary/aromatic N) is 2. The van der Waals surface area contributed by atoms with E-state index in [-0.39, 0.29) is 28.2 Å². The van der Waals surface area contributed by atoms with Crippen LogP contribution >= 0.6 is 11.8 Å². The van der Waals surface area contributed by atoms with Gasteiger partial charge in [0.05, 0.1) is 10.7 Å². The summed E-state index contributed by atoms with van der Waals surface area (Å²) in [6.07, 6.45) is 0. The SMILES string of the molecule is N=C1SCC(=O)N1c1ccccc1[N+](=O)[O-]. The van der Waals surface area contributed by atoms with Crippen LogP contribution in [0, 0.1) is 15.5 Å². The smallest absolute Gasteiger partial charge is 0.278 e. The number of carbonyl (C=O) groups is 1. The average Bonchev–Trinajstić information content (AvgIpc) is 2.58. The van der Waals surface area contributed by atoms with Crippen LogP contribution in [0.15, 0.2) is 24.3 Å². The summed E-state index contributed by atoms with van der Waals surface area (Å²) < 4.78 is 0. The third-order valence-corrected chi connectivity index (χ3v) is 2.95. The number of amidine groups is 1. The van der Waals surface area contributed by atoms with Crippen LogP contribution in [0.4, 0.5) is 11.4 Å². The van der Waals surface area contributed by atoms with Crippen LogP contribution in [-0.2, 0) is 4.79 Å². The number of hydrogen-bond donors (Lipinski definition) is 1. The molecule has 6 nitrogen and oxygen atoms in total. The highest BCUT2D eigenvalue weighted by Gasteiger charge is 2.32. The minimum atomic E-state index is -0.557. The molecule has 82 valence electrons. The van der Waals surface area contributed by atoms with Crippen molar-refractivity contribution in [2.45, 2.75) is 0 Å². The van der Waals surface area contributed by atoms with Gasteiger partial charge in [0.25, 0.3) is 5.69 Å². The molecule has 7 heteroatoms. The zero-order chi connectivity index (χ0) is 11.7. The van der Waals surface area contributed by atoms with Crippen molar-refractivity contribution in [2.24, 2.45) is 0 Å². The molecule has 0 saturated carbocycles. The quantitative estimate of drug-likeness (QED) is 0.625. The fraction of sp³-hybridized carbons (Fsp3) is 0.111. The molecule has 0 bridgehead atoms. The average molecular weight is 237 g/mol. The summed E-state index contributed by atoms with van der Waals surface area (Å²) in [7, 11) is 0. The maximum absolute atomic E-state index is 11.5. The van der Waals surface area contributed by atoms with Crippen molar-refractivity contribution >= 4 is 34.2 Å². The van der Waals surface area contributed by atoms with Crippen LogP contribution in [0.5, 0.6) is 0 Å². The number of benzene rings is 1. The highest BCUT2D eigenvalue weighted by atomic mass is 32.2. The first kappa shape index (κ1) is 10.6. The van der Waals surface area contributed by atoms with Crippen LogP contribution in [0.25, 0.3) is 0 Å². The fourth-order valence-corrected chi connectivity index (χ4v) is 2.14. The minimum Gasteiger partial charge on any atom is -0.278 e. The Kier molecular flexibility index (Phi) is 2.61. The predicted molar refractivity (Wildman–Crippen MR) is 60.8 cm³/mol. The number of nitrogens with one attached hydrogen (secondary N) is 1. The Bertz CT molecular complexity index is 473. The lowest BCUT2D eigenvalue weighted by atomic mass is 10.2. The summed E-state index contributed by atoms with van der Waals surface area (Å²) in [5.41, 5.74) is -0.00407. The fourth-order valence-electron chi connectivity index (χ4n) is 1.42. The molecule has 1 aromatic carbocycles. The molecular formula is C9H7N3O3S. The largest absolute Gasteiger partial charge is 0.293 e. The van der Waals surface area contributed by atoms with E-state index in [0.29, 0.717) is 0 Å². The van der Waals surface area contributed by atoms with Gasteiger partial charge in [-0.1, -0.05) is 23.9 Å². The Hall–Kier alpha value is -1.89. The van der Waals surface area contributed by atoms with Gasteiger partial charge >= 0.3 is 0 Å². The molecule has 1 aliphatic heterocycles. The first-order chi connectivity index (χ1) is 7.61. The Morgan fingerprint density at radius 2 is 2.12 bits per heavy atom. The summed E-state index contributed by atoms with van der Waals surface area (Å²) in [6, 6.07) is 5.92. The molecule has 2 rings (SSSR count). The van der Waals surface area contributed by atoms with E-state index in [1.54, 1.807) is 6.07 Å². The molecule has 0 aromatic heterocycles. The number of nitro benzene ring substituents is 1. The van der Waals surface area contributed by atoms with Crippen LogP contribution in [-0.4, -0.2) is 21.8 Å². The van der Waals surface area contributed by atoms with Crippen molar-refractivity contribution in [3.63, 3.8) is 0 Å². The molecule has 1 heterocycles. The zero-order valence-electron chi connectivity index (χ0n) is 8.04. The lowest BCUT2D eigenvalue weighted by Crippen LogP contribution is -2.29. The Morgan fingerprint density at radius 3 is 2.69 bits per heavy atom. The lowest BCUT2D eigenvalue weighted by molar-refractivity contribution is -0.384. The van der Waals surface area contributed by atoms with Gasteiger partial charge in [-0.05, 0) is 6.07 Å². The maximum Gasteiger partial charge on any atom is 0.293 e. The number of nitro groups is 1. The van der Waals surface area contributed by atoms with E-state index in [0.717, 1.165) is 16.7 Å². The number of rotatable bonds is 2. The van der Waals surface area contributed by atoms with Crippen LogP contribution in [0.3, 0.4) is 0 Å². The van der Waals surface area contributed by atoms with E-state index >= 15 is 0 Å². The van der Waals surface area contributed by atoms with Crippen molar-refractivity contribution in [1.82, 2.24) is 0 Å². The summed E-state index contributed by atoms with van der Waals surface area (Å²) in [5.74, 6) is -0.144. The zero-order valence-corrected chi connectivity index (χ0v) is 8.86. The minimum absolute atomic E-state index is 0.0271. The Morgan fingerprint density at radius 1 is 1.44 bits per heavy atom. The van der Waals surface area contributed by atoms with Gasteiger partial charge in [0, 0.05) is 6.07 Å². The van der Waals surface area contributed by atoms with E-state index in [1.807, 2.05) is 0 Å². The van der Waals surface area contributed by atoms with Crippen LogP contribution in [0.2, 0.25) is 0 Å².